The zero-order chi connectivity index (χ0) is 15.9. The summed E-state index contributed by atoms with van der Waals surface area (Å²) in [6.45, 7) is -0.100. The molecule has 1 amide bonds. The molecule has 0 saturated heterocycles. The molecule has 0 heterocycles. The molecule has 1 fully saturated rings. The van der Waals surface area contributed by atoms with Gasteiger partial charge in [-0.15, -0.1) is 0 Å². The van der Waals surface area contributed by atoms with E-state index in [2.05, 4.69) is 4.74 Å². The SMILES string of the molecule is CCN(C(=O)Cc1ccc(OC(F)F)cc1)C1CCCCC1. The number of carbonyl (C=O) groups is 1. The summed E-state index contributed by atoms with van der Waals surface area (Å²) in [6, 6.07) is 6.65. The van der Waals surface area contributed by atoms with Crippen LogP contribution in [0, 0.1) is 0 Å². The molecule has 0 N–H and O–H groups in total. The normalized spacial score (nSPS) is 15.8. The van der Waals surface area contributed by atoms with Crippen molar-refractivity contribution >= 4 is 5.91 Å². The molecule has 0 bridgehead atoms. The van der Waals surface area contributed by atoms with Crippen LogP contribution in [0.5, 0.6) is 5.75 Å². The number of alkyl halides is 2. The molecular weight excluding hydrogens is 288 g/mol. The van der Waals surface area contributed by atoms with Gasteiger partial charge in [0.25, 0.3) is 0 Å². The van der Waals surface area contributed by atoms with Crippen molar-refractivity contribution in [3.8, 4) is 5.75 Å². The smallest absolute Gasteiger partial charge is 0.387 e. The molecule has 0 atom stereocenters. The van der Waals surface area contributed by atoms with E-state index < -0.39 is 6.61 Å². The van der Waals surface area contributed by atoms with E-state index in [-0.39, 0.29) is 11.7 Å². The van der Waals surface area contributed by atoms with E-state index in [1.54, 1.807) is 12.1 Å². The lowest BCUT2D eigenvalue weighted by Gasteiger charge is -2.33. The summed E-state index contributed by atoms with van der Waals surface area (Å²) >= 11 is 0. The molecule has 1 aromatic rings. The lowest BCUT2D eigenvalue weighted by Crippen LogP contribution is -2.42. The molecule has 3 nitrogen and oxygen atoms in total. The van der Waals surface area contributed by atoms with Crippen molar-refractivity contribution in [1.82, 2.24) is 4.90 Å². The average molecular weight is 311 g/mol. The summed E-state index contributed by atoms with van der Waals surface area (Å²) in [7, 11) is 0. The Kier molecular flexibility index (Phi) is 6.16. The van der Waals surface area contributed by atoms with Crippen LogP contribution in [0.4, 0.5) is 8.78 Å². The van der Waals surface area contributed by atoms with E-state index in [1.807, 2.05) is 11.8 Å². The fraction of sp³-hybridized carbons (Fsp3) is 0.588. The Morgan fingerprint density at radius 2 is 1.86 bits per heavy atom. The van der Waals surface area contributed by atoms with Crippen LogP contribution in [0.2, 0.25) is 0 Å². The predicted octanol–water partition coefficient (Wildman–Crippen LogP) is 4.01. The van der Waals surface area contributed by atoms with Gasteiger partial charge in [0.15, 0.2) is 0 Å². The van der Waals surface area contributed by atoms with Crippen LogP contribution >= 0.6 is 0 Å². The molecule has 5 heteroatoms. The second-order valence-electron chi connectivity index (χ2n) is 5.67. The number of carbonyl (C=O) groups excluding carboxylic acids is 1. The van der Waals surface area contributed by atoms with Gasteiger partial charge in [-0.05, 0) is 37.5 Å². The van der Waals surface area contributed by atoms with Crippen LogP contribution < -0.4 is 4.74 Å². The van der Waals surface area contributed by atoms with E-state index in [0.29, 0.717) is 12.5 Å². The summed E-state index contributed by atoms with van der Waals surface area (Å²) in [5.74, 6) is 0.225. The number of ether oxygens (including phenoxy) is 1. The summed E-state index contributed by atoms with van der Waals surface area (Å²) in [4.78, 5) is 14.4. The third-order valence-corrected chi connectivity index (χ3v) is 4.18. The van der Waals surface area contributed by atoms with Crippen molar-refractivity contribution in [3.63, 3.8) is 0 Å². The highest BCUT2D eigenvalue weighted by Crippen LogP contribution is 2.23. The van der Waals surface area contributed by atoms with Crippen molar-refractivity contribution in [2.45, 2.75) is 58.1 Å². The Bertz CT molecular complexity index is 470. The molecule has 1 aliphatic rings. The van der Waals surface area contributed by atoms with Crippen molar-refractivity contribution < 1.29 is 18.3 Å². The van der Waals surface area contributed by atoms with Crippen molar-refractivity contribution in [3.05, 3.63) is 29.8 Å². The van der Waals surface area contributed by atoms with Gasteiger partial charge in [0.05, 0.1) is 6.42 Å². The largest absolute Gasteiger partial charge is 0.435 e. The summed E-state index contributed by atoms with van der Waals surface area (Å²) < 4.78 is 28.5. The molecule has 2 rings (SSSR count). The molecule has 0 aromatic heterocycles. The summed E-state index contributed by atoms with van der Waals surface area (Å²) in [6.07, 6.45) is 6.11. The van der Waals surface area contributed by atoms with Gasteiger partial charge < -0.3 is 9.64 Å². The molecule has 22 heavy (non-hydrogen) atoms. The Balaban J connectivity index is 1.94. The zero-order valence-electron chi connectivity index (χ0n) is 12.9. The van der Waals surface area contributed by atoms with Gasteiger partial charge in [-0.25, -0.2) is 0 Å². The molecule has 0 aliphatic heterocycles. The van der Waals surface area contributed by atoms with E-state index >= 15 is 0 Å². The minimum atomic E-state index is -2.82. The van der Waals surface area contributed by atoms with E-state index in [1.165, 1.54) is 31.4 Å². The number of likely N-dealkylation sites (N-methyl/N-ethyl adjacent to an activating group) is 1. The maximum absolute atomic E-state index is 12.5. The summed E-state index contributed by atoms with van der Waals surface area (Å²) in [5, 5.41) is 0. The third kappa shape index (κ3) is 4.68. The Morgan fingerprint density at radius 1 is 1.23 bits per heavy atom. The number of hydrogen-bond acceptors (Lipinski definition) is 2. The first-order valence-electron chi connectivity index (χ1n) is 7.93. The van der Waals surface area contributed by atoms with Gasteiger partial charge in [-0.3, -0.25) is 4.79 Å². The maximum Gasteiger partial charge on any atom is 0.387 e. The number of hydrogen-bond donors (Lipinski definition) is 0. The Morgan fingerprint density at radius 3 is 2.41 bits per heavy atom. The first-order chi connectivity index (χ1) is 10.6. The van der Waals surface area contributed by atoms with Gasteiger partial charge in [-0.2, -0.15) is 8.78 Å². The quantitative estimate of drug-likeness (QED) is 0.794. The lowest BCUT2D eigenvalue weighted by atomic mass is 9.93. The van der Waals surface area contributed by atoms with Crippen LogP contribution in [0.1, 0.15) is 44.6 Å². The zero-order valence-corrected chi connectivity index (χ0v) is 12.9. The number of nitrogens with zero attached hydrogens (tertiary/aromatic N) is 1. The number of rotatable bonds is 6. The van der Waals surface area contributed by atoms with Gasteiger partial charge in [-0.1, -0.05) is 31.4 Å². The number of halogens is 2. The lowest BCUT2D eigenvalue weighted by molar-refractivity contribution is -0.133. The average Bonchev–Trinajstić information content (AvgIpc) is 2.50. The van der Waals surface area contributed by atoms with Crippen molar-refractivity contribution in [2.75, 3.05) is 6.54 Å². The topological polar surface area (TPSA) is 29.5 Å². The molecule has 0 spiro atoms. The maximum atomic E-state index is 12.5. The second-order valence-corrected chi connectivity index (χ2v) is 5.67. The van der Waals surface area contributed by atoms with E-state index in [4.69, 9.17) is 0 Å². The van der Waals surface area contributed by atoms with Gasteiger partial charge in [0.2, 0.25) is 5.91 Å². The Labute approximate surface area is 130 Å². The highest BCUT2D eigenvalue weighted by molar-refractivity contribution is 5.79. The molecule has 122 valence electrons. The first kappa shape index (κ1) is 16.7. The molecular formula is C17H23F2NO2. The predicted molar refractivity (Wildman–Crippen MR) is 81.0 cm³/mol. The number of benzene rings is 1. The minimum absolute atomic E-state index is 0.108. The fourth-order valence-electron chi connectivity index (χ4n) is 3.10. The van der Waals surface area contributed by atoms with Crippen LogP contribution in [-0.2, 0) is 11.2 Å². The third-order valence-electron chi connectivity index (χ3n) is 4.18. The summed E-state index contributed by atoms with van der Waals surface area (Å²) in [5.41, 5.74) is 0.820. The standard InChI is InChI=1S/C17H23F2NO2/c1-2-20(14-6-4-3-5-7-14)16(21)12-13-8-10-15(11-9-13)22-17(18)19/h8-11,14,17H,2-7,12H2,1H3. The molecule has 0 radical (unpaired) electrons. The molecule has 1 aliphatic carbocycles. The second kappa shape index (κ2) is 8.11. The Hall–Kier alpha value is -1.65. The molecule has 0 unspecified atom stereocenters. The van der Waals surface area contributed by atoms with E-state index in [9.17, 15) is 13.6 Å². The van der Waals surface area contributed by atoms with E-state index in [0.717, 1.165) is 24.9 Å². The van der Waals surface area contributed by atoms with Gasteiger partial charge in [0, 0.05) is 12.6 Å². The highest BCUT2D eigenvalue weighted by Gasteiger charge is 2.23. The van der Waals surface area contributed by atoms with Crippen LogP contribution in [-0.4, -0.2) is 30.0 Å². The van der Waals surface area contributed by atoms with Crippen LogP contribution in [0.3, 0.4) is 0 Å². The molecule has 1 aromatic carbocycles. The highest BCUT2D eigenvalue weighted by atomic mass is 19.3. The number of amides is 1. The fourth-order valence-corrected chi connectivity index (χ4v) is 3.10. The van der Waals surface area contributed by atoms with Crippen molar-refractivity contribution in [1.29, 1.82) is 0 Å². The van der Waals surface area contributed by atoms with Crippen LogP contribution in [0.25, 0.3) is 0 Å². The molecule has 1 saturated carbocycles. The van der Waals surface area contributed by atoms with Crippen molar-refractivity contribution in [2.24, 2.45) is 0 Å². The van der Waals surface area contributed by atoms with Crippen LogP contribution in [0.15, 0.2) is 24.3 Å². The van der Waals surface area contributed by atoms with Gasteiger partial charge in [0.1, 0.15) is 5.75 Å². The first-order valence-corrected chi connectivity index (χ1v) is 7.93. The monoisotopic (exact) mass is 311 g/mol. The minimum Gasteiger partial charge on any atom is -0.435 e. The van der Waals surface area contributed by atoms with Gasteiger partial charge >= 0.3 is 6.61 Å².